The van der Waals surface area contributed by atoms with Gasteiger partial charge in [-0.1, -0.05) is 49.4 Å². The van der Waals surface area contributed by atoms with E-state index in [2.05, 4.69) is 6.92 Å². The number of rotatable bonds is 4. The number of para-hydroxylation sites is 1. The van der Waals surface area contributed by atoms with Crippen LogP contribution in [0.3, 0.4) is 0 Å². The molecule has 5 nitrogen and oxygen atoms in total. The summed E-state index contributed by atoms with van der Waals surface area (Å²) in [6, 6.07) is 22.4. The second-order valence-corrected chi connectivity index (χ2v) is 7.74. The number of halogens is 1. The van der Waals surface area contributed by atoms with E-state index in [4.69, 9.17) is 4.84 Å². The standard InChI is InChI=1S/C25H21FN2O3/c1-2-16-8-10-17(11-9-16)22-21-23(31-28(22)20-6-4-3-5-7-20)25(30)27(24(21)29)19-14-12-18(26)13-15-19/h3-15,21-23H,2H2,1H3/t21-,22+,23-/m0/s1. The van der Waals surface area contributed by atoms with E-state index in [1.807, 2.05) is 54.6 Å². The Bertz CT molecular complexity index is 1120. The van der Waals surface area contributed by atoms with Crippen LogP contribution in [0, 0.1) is 11.7 Å². The van der Waals surface area contributed by atoms with Crippen molar-refractivity contribution in [2.75, 3.05) is 9.96 Å². The molecule has 5 rings (SSSR count). The van der Waals surface area contributed by atoms with E-state index >= 15 is 0 Å². The first-order valence-electron chi connectivity index (χ1n) is 10.3. The number of hydrogen-bond donors (Lipinski definition) is 0. The summed E-state index contributed by atoms with van der Waals surface area (Å²) in [5, 5.41) is 1.67. The van der Waals surface area contributed by atoms with Crippen LogP contribution in [0.2, 0.25) is 0 Å². The Morgan fingerprint density at radius 3 is 2.16 bits per heavy atom. The number of benzene rings is 3. The van der Waals surface area contributed by atoms with Crippen molar-refractivity contribution in [3.05, 3.63) is 95.8 Å². The number of aryl methyl sites for hydroxylation is 1. The molecule has 3 aromatic carbocycles. The molecular weight excluding hydrogens is 395 g/mol. The molecule has 6 heteroatoms. The van der Waals surface area contributed by atoms with Gasteiger partial charge in [0, 0.05) is 0 Å². The molecule has 0 aliphatic carbocycles. The van der Waals surface area contributed by atoms with Crippen molar-refractivity contribution in [1.82, 2.24) is 0 Å². The lowest BCUT2D eigenvalue weighted by Gasteiger charge is -2.28. The number of fused-ring (bicyclic) bond motifs is 1. The van der Waals surface area contributed by atoms with Crippen molar-refractivity contribution in [2.45, 2.75) is 25.5 Å². The quantitative estimate of drug-likeness (QED) is 0.590. The van der Waals surface area contributed by atoms with Crippen molar-refractivity contribution in [3.63, 3.8) is 0 Å². The summed E-state index contributed by atoms with van der Waals surface area (Å²) in [6.07, 6.45) is -0.0281. The highest BCUT2D eigenvalue weighted by atomic mass is 19.1. The Kier molecular flexibility index (Phi) is 4.79. The van der Waals surface area contributed by atoms with Crippen LogP contribution < -0.4 is 9.96 Å². The molecule has 2 fully saturated rings. The van der Waals surface area contributed by atoms with Gasteiger partial charge in [-0.25, -0.2) is 14.4 Å². The van der Waals surface area contributed by atoms with Crippen LogP contribution in [0.25, 0.3) is 0 Å². The lowest BCUT2D eigenvalue weighted by molar-refractivity contribution is -0.126. The van der Waals surface area contributed by atoms with Crippen LogP contribution >= 0.6 is 0 Å². The van der Waals surface area contributed by atoms with Gasteiger partial charge in [-0.15, -0.1) is 0 Å². The maximum absolute atomic E-state index is 13.5. The summed E-state index contributed by atoms with van der Waals surface area (Å²) in [6.45, 7) is 2.08. The number of nitrogens with zero attached hydrogens (tertiary/aromatic N) is 2. The molecule has 0 saturated carbocycles. The molecule has 2 aliphatic rings. The van der Waals surface area contributed by atoms with Crippen molar-refractivity contribution < 1.29 is 18.8 Å². The molecule has 2 heterocycles. The molecule has 0 aromatic heterocycles. The number of hydroxylamine groups is 1. The molecule has 0 N–H and O–H groups in total. The number of amides is 2. The normalized spacial score (nSPS) is 22.8. The molecule has 0 bridgehead atoms. The maximum Gasteiger partial charge on any atom is 0.266 e. The average molecular weight is 416 g/mol. The number of carbonyl (C=O) groups is 2. The molecule has 31 heavy (non-hydrogen) atoms. The van der Waals surface area contributed by atoms with Crippen molar-refractivity contribution >= 4 is 23.2 Å². The minimum atomic E-state index is -0.936. The van der Waals surface area contributed by atoms with Crippen LogP contribution in [-0.2, 0) is 20.8 Å². The second kappa shape index (κ2) is 7.63. The highest BCUT2D eigenvalue weighted by Gasteiger charge is 2.60. The largest absolute Gasteiger partial charge is 0.273 e. The molecule has 2 aliphatic heterocycles. The van der Waals surface area contributed by atoms with Crippen LogP contribution in [0.1, 0.15) is 24.1 Å². The van der Waals surface area contributed by atoms with Crippen molar-refractivity contribution in [3.8, 4) is 0 Å². The van der Waals surface area contributed by atoms with Crippen LogP contribution in [0.15, 0.2) is 78.9 Å². The smallest absolute Gasteiger partial charge is 0.266 e. The molecule has 3 atom stereocenters. The highest BCUT2D eigenvalue weighted by molar-refractivity contribution is 6.23. The van der Waals surface area contributed by atoms with Gasteiger partial charge in [0.25, 0.3) is 5.91 Å². The van der Waals surface area contributed by atoms with Crippen molar-refractivity contribution in [2.24, 2.45) is 5.92 Å². The molecule has 3 aromatic rings. The summed E-state index contributed by atoms with van der Waals surface area (Å²) >= 11 is 0. The first-order valence-corrected chi connectivity index (χ1v) is 10.3. The van der Waals surface area contributed by atoms with E-state index in [1.165, 1.54) is 29.8 Å². The fraction of sp³-hybridized carbons (Fsp3) is 0.200. The van der Waals surface area contributed by atoms with Crippen LogP contribution in [-0.4, -0.2) is 17.9 Å². The van der Waals surface area contributed by atoms with Crippen molar-refractivity contribution in [1.29, 1.82) is 0 Å². The molecular formula is C25H21FN2O3. The molecule has 0 radical (unpaired) electrons. The minimum absolute atomic E-state index is 0.343. The van der Waals surface area contributed by atoms with Crippen LogP contribution in [0.5, 0.6) is 0 Å². The lowest BCUT2D eigenvalue weighted by Crippen LogP contribution is -2.37. The number of carbonyl (C=O) groups excluding carboxylic acids is 2. The number of hydrogen-bond acceptors (Lipinski definition) is 4. The van der Waals surface area contributed by atoms with E-state index in [9.17, 15) is 14.0 Å². The third-order valence-corrected chi connectivity index (χ3v) is 5.94. The second-order valence-electron chi connectivity index (χ2n) is 7.74. The van der Waals surface area contributed by atoms with Gasteiger partial charge in [-0.2, -0.15) is 0 Å². The summed E-state index contributed by atoms with van der Waals surface area (Å²) < 4.78 is 13.4. The Balaban J connectivity index is 1.57. The third-order valence-electron chi connectivity index (χ3n) is 5.94. The number of imide groups is 1. The van der Waals surface area contributed by atoms with E-state index in [0.717, 1.165) is 22.6 Å². The topological polar surface area (TPSA) is 49.9 Å². The van der Waals surface area contributed by atoms with Gasteiger partial charge in [0.05, 0.1) is 17.4 Å². The number of anilines is 2. The molecule has 0 unspecified atom stereocenters. The summed E-state index contributed by atoms with van der Waals surface area (Å²) in [7, 11) is 0. The molecule has 2 saturated heterocycles. The minimum Gasteiger partial charge on any atom is -0.273 e. The van der Waals surface area contributed by atoms with Gasteiger partial charge in [0.2, 0.25) is 5.91 Å². The van der Waals surface area contributed by atoms with E-state index in [-0.39, 0.29) is 5.91 Å². The van der Waals surface area contributed by atoms with Gasteiger partial charge < -0.3 is 0 Å². The third kappa shape index (κ3) is 3.20. The Morgan fingerprint density at radius 1 is 0.839 bits per heavy atom. The fourth-order valence-corrected chi connectivity index (χ4v) is 4.35. The van der Waals surface area contributed by atoms with Crippen LogP contribution in [0.4, 0.5) is 15.8 Å². The first-order chi connectivity index (χ1) is 15.1. The van der Waals surface area contributed by atoms with E-state index < -0.39 is 29.8 Å². The van der Waals surface area contributed by atoms with E-state index in [0.29, 0.717) is 5.69 Å². The average Bonchev–Trinajstić information content (AvgIpc) is 3.31. The van der Waals surface area contributed by atoms with Gasteiger partial charge in [-0.3, -0.25) is 14.4 Å². The maximum atomic E-state index is 13.5. The predicted molar refractivity (Wildman–Crippen MR) is 115 cm³/mol. The summed E-state index contributed by atoms with van der Waals surface area (Å²) in [5.74, 6) is -1.91. The van der Waals surface area contributed by atoms with E-state index in [1.54, 1.807) is 5.06 Å². The zero-order valence-electron chi connectivity index (χ0n) is 16.9. The van der Waals surface area contributed by atoms with Gasteiger partial charge in [0.1, 0.15) is 11.7 Å². The Morgan fingerprint density at radius 2 is 1.52 bits per heavy atom. The molecule has 156 valence electrons. The fourth-order valence-electron chi connectivity index (χ4n) is 4.35. The first kappa shape index (κ1) is 19.5. The zero-order valence-corrected chi connectivity index (χ0v) is 16.9. The summed E-state index contributed by atoms with van der Waals surface area (Å²) in [5.41, 5.74) is 3.21. The Labute approximate surface area is 179 Å². The van der Waals surface area contributed by atoms with Gasteiger partial charge in [-0.05, 0) is 53.9 Å². The van der Waals surface area contributed by atoms with Gasteiger partial charge >= 0.3 is 0 Å². The summed E-state index contributed by atoms with van der Waals surface area (Å²) in [4.78, 5) is 33.9. The molecule has 2 amide bonds. The predicted octanol–water partition coefficient (Wildman–Crippen LogP) is 4.44. The van der Waals surface area contributed by atoms with Gasteiger partial charge in [0.15, 0.2) is 6.10 Å². The monoisotopic (exact) mass is 416 g/mol. The highest BCUT2D eigenvalue weighted by Crippen LogP contribution is 2.47. The lowest BCUT2D eigenvalue weighted by atomic mass is 9.90. The Hall–Kier alpha value is -3.51. The zero-order chi connectivity index (χ0) is 21.5. The SMILES string of the molecule is CCc1ccc([C@@H]2[C@@H]3C(=O)N(c4ccc(F)cc4)C(=O)[C@H]3ON2c2ccccc2)cc1. The molecule has 0 spiro atoms.